The van der Waals surface area contributed by atoms with Crippen LogP contribution in [0.2, 0.25) is 0 Å². The summed E-state index contributed by atoms with van der Waals surface area (Å²) in [4.78, 5) is 7.15. The molecule has 4 nitrogen and oxygen atoms in total. The molecule has 5 rings (SSSR count). The van der Waals surface area contributed by atoms with Crippen LogP contribution < -0.4 is 5.32 Å². The van der Waals surface area contributed by atoms with Gasteiger partial charge in [-0.2, -0.15) is 0 Å². The Balaban J connectivity index is 1.65. The van der Waals surface area contributed by atoms with Crippen LogP contribution in [0.1, 0.15) is 54.8 Å². The summed E-state index contributed by atoms with van der Waals surface area (Å²) in [5, 5.41) is 4.47. The molecule has 1 saturated carbocycles. The van der Waals surface area contributed by atoms with Crippen LogP contribution in [0.15, 0.2) is 66.9 Å². The summed E-state index contributed by atoms with van der Waals surface area (Å²) in [6.45, 7) is 2.17. The molecule has 29 heavy (non-hydrogen) atoms. The molecule has 2 fully saturated rings. The Morgan fingerprint density at radius 3 is 2.45 bits per heavy atom. The van der Waals surface area contributed by atoms with Crippen LogP contribution in [0, 0.1) is 6.92 Å². The number of nitrogens with one attached hydrogen (secondary N) is 1. The minimum Gasteiger partial charge on any atom is -0.352 e. The number of rotatable bonds is 4. The predicted octanol–water partition coefficient (Wildman–Crippen LogP) is 5.10. The number of aryl methyl sites for hydroxylation is 1. The second-order valence-corrected chi connectivity index (χ2v) is 8.43. The lowest BCUT2D eigenvalue weighted by atomic mass is 9.99. The van der Waals surface area contributed by atoms with E-state index in [-0.39, 0.29) is 12.1 Å². The van der Waals surface area contributed by atoms with Gasteiger partial charge in [0, 0.05) is 29.3 Å². The van der Waals surface area contributed by atoms with Crippen molar-refractivity contribution in [1.82, 2.24) is 19.8 Å². The molecule has 2 atom stereocenters. The van der Waals surface area contributed by atoms with Crippen LogP contribution in [-0.2, 0) is 0 Å². The molecule has 0 amide bonds. The van der Waals surface area contributed by atoms with Crippen molar-refractivity contribution in [1.29, 1.82) is 0 Å². The zero-order chi connectivity index (χ0) is 19.8. The van der Waals surface area contributed by atoms with E-state index in [2.05, 4.69) is 81.3 Å². The third-order valence-electron chi connectivity index (χ3n) is 6.28. The van der Waals surface area contributed by atoms with Gasteiger partial charge in [-0.3, -0.25) is 4.98 Å². The van der Waals surface area contributed by atoms with Gasteiger partial charge in [0.25, 0.3) is 0 Å². The summed E-state index contributed by atoms with van der Waals surface area (Å²) in [5.41, 5.74) is 4.73. The maximum Gasteiger partial charge on any atom is 0.170 e. The van der Waals surface area contributed by atoms with Crippen molar-refractivity contribution >= 4 is 17.3 Å². The van der Waals surface area contributed by atoms with Crippen LogP contribution >= 0.6 is 12.2 Å². The summed E-state index contributed by atoms with van der Waals surface area (Å²) in [6, 6.07) is 21.9. The monoisotopic (exact) mass is 402 g/mol. The first-order valence-corrected chi connectivity index (χ1v) is 10.9. The maximum absolute atomic E-state index is 5.88. The Morgan fingerprint density at radius 2 is 1.72 bits per heavy atom. The number of aromatic nitrogens is 2. The third-order valence-corrected chi connectivity index (χ3v) is 6.61. The second-order valence-electron chi connectivity index (χ2n) is 8.04. The average molecular weight is 403 g/mol. The van der Waals surface area contributed by atoms with Gasteiger partial charge in [0.1, 0.15) is 0 Å². The van der Waals surface area contributed by atoms with Crippen LogP contribution in [-0.4, -0.2) is 25.6 Å². The summed E-state index contributed by atoms with van der Waals surface area (Å²) in [7, 11) is 0. The first-order valence-electron chi connectivity index (χ1n) is 10.5. The van der Waals surface area contributed by atoms with Gasteiger partial charge in [0.2, 0.25) is 0 Å². The Hall–Kier alpha value is -2.66. The molecule has 2 aromatic heterocycles. The quantitative estimate of drug-likeness (QED) is 0.616. The van der Waals surface area contributed by atoms with Crippen molar-refractivity contribution < 1.29 is 0 Å². The Bertz CT molecular complexity index is 992. The second kappa shape index (κ2) is 7.64. The minimum absolute atomic E-state index is 0.0427. The van der Waals surface area contributed by atoms with Crippen molar-refractivity contribution in [3.05, 3.63) is 83.9 Å². The molecule has 5 heteroatoms. The Kier molecular flexibility index (Phi) is 4.84. The summed E-state index contributed by atoms with van der Waals surface area (Å²) in [6.07, 6.45) is 6.85. The minimum atomic E-state index is 0.0427. The third kappa shape index (κ3) is 3.23. The summed E-state index contributed by atoms with van der Waals surface area (Å²) in [5.74, 6) is 0. The number of nitrogens with zero attached hydrogens (tertiary/aromatic N) is 3. The van der Waals surface area contributed by atoms with E-state index in [1.807, 2.05) is 12.3 Å². The van der Waals surface area contributed by atoms with Crippen LogP contribution in [0.4, 0.5) is 0 Å². The topological polar surface area (TPSA) is 33.1 Å². The van der Waals surface area contributed by atoms with E-state index in [4.69, 9.17) is 12.2 Å². The van der Waals surface area contributed by atoms with Crippen LogP contribution in [0.25, 0.3) is 5.69 Å². The highest BCUT2D eigenvalue weighted by Gasteiger charge is 2.44. The number of thiocarbonyl (C=S) groups is 1. The average Bonchev–Trinajstić information content (AvgIpc) is 3.48. The van der Waals surface area contributed by atoms with Crippen LogP contribution in [0.3, 0.4) is 0 Å². The van der Waals surface area contributed by atoms with Gasteiger partial charge in [-0.15, -0.1) is 0 Å². The van der Waals surface area contributed by atoms with Gasteiger partial charge in [-0.25, -0.2) is 0 Å². The largest absolute Gasteiger partial charge is 0.352 e. The van der Waals surface area contributed by atoms with Crippen LogP contribution in [0.5, 0.6) is 0 Å². The number of para-hydroxylation sites is 1. The van der Waals surface area contributed by atoms with E-state index in [1.165, 1.54) is 42.8 Å². The predicted molar refractivity (Wildman–Crippen MR) is 120 cm³/mol. The molecule has 148 valence electrons. The SMILES string of the molecule is Cc1ccc([C@@H]2[C@@H](c3ccccn3)NC(=S)N2C2CCCC2)n1-c1ccccc1. The first kappa shape index (κ1) is 18.4. The molecule has 2 aliphatic rings. The summed E-state index contributed by atoms with van der Waals surface area (Å²) < 4.78 is 2.37. The molecular formula is C24H26N4S. The van der Waals surface area contributed by atoms with Gasteiger partial charge >= 0.3 is 0 Å². The van der Waals surface area contributed by atoms with E-state index in [0.29, 0.717) is 6.04 Å². The zero-order valence-corrected chi connectivity index (χ0v) is 17.5. The standard InChI is InChI=1S/C24H26N4S/c1-17-14-15-21(27(17)18-9-3-2-4-10-18)23-22(20-13-7-8-16-25-20)26-24(29)28(23)19-11-5-6-12-19/h2-4,7-10,13-16,19,22-23H,5-6,11-12H2,1H3,(H,26,29)/t22-,23-/m1/s1. The molecule has 1 N–H and O–H groups in total. The smallest absolute Gasteiger partial charge is 0.170 e. The number of hydrogen-bond acceptors (Lipinski definition) is 2. The molecular weight excluding hydrogens is 376 g/mol. The van der Waals surface area contributed by atoms with Crippen molar-refractivity contribution in [2.24, 2.45) is 0 Å². The Labute approximate surface area is 177 Å². The van der Waals surface area contributed by atoms with Gasteiger partial charge in [0.05, 0.1) is 17.8 Å². The highest BCUT2D eigenvalue weighted by molar-refractivity contribution is 7.80. The fourth-order valence-electron chi connectivity index (χ4n) is 4.98. The lowest BCUT2D eigenvalue weighted by Crippen LogP contribution is -2.38. The molecule has 0 spiro atoms. The van der Waals surface area contributed by atoms with Crippen molar-refractivity contribution in [2.75, 3.05) is 0 Å². The lowest BCUT2D eigenvalue weighted by Gasteiger charge is -2.33. The molecule has 1 aromatic carbocycles. The molecule has 0 unspecified atom stereocenters. The van der Waals surface area contributed by atoms with E-state index >= 15 is 0 Å². The van der Waals surface area contributed by atoms with Gasteiger partial charge in [-0.1, -0.05) is 37.1 Å². The highest BCUT2D eigenvalue weighted by Crippen LogP contribution is 2.43. The van der Waals surface area contributed by atoms with Crippen molar-refractivity contribution in [3.8, 4) is 5.69 Å². The van der Waals surface area contributed by atoms with Gasteiger partial charge in [0.15, 0.2) is 5.11 Å². The fraction of sp³-hybridized carbons (Fsp3) is 0.333. The zero-order valence-electron chi connectivity index (χ0n) is 16.7. The molecule has 3 heterocycles. The lowest BCUT2D eigenvalue weighted by molar-refractivity contribution is 0.239. The van der Waals surface area contributed by atoms with Gasteiger partial charge < -0.3 is 14.8 Å². The van der Waals surface area contributed by atoms with Crippen molar-refractivity contribution in [2.45, 2.75) is 50.7 Å². The molecule has 0 bridgehead atoms. The molecule has 1 aliphatic carbocycles. The fourth-order valence-corrected chi connectivity index (χ4v) is 5.37. The summed E-state index contributed by atoms with van der Waals surface area (Å²) >= 11 is 5.88. The van der Waals surface area contributed by atoms with Gasteiger partial charge in [-0.05, 0) is 68.4 Å². The highest BCUT2D eigenvalue weighted by atomic mass is 32.1. The van der Waals surface area contributed by atoms with E-state index in [0.717, 1.165) is 10.8 Å². The number of pyridine rings is 1. The molecule has 1 saturated heterocycles. The normalized spacial score (nSPS) is 22.2. The molecule has 1 aliphatic heterocycles. The first-order chi connectivity index (χ1) is 14.2. The number of benzene rings is 1. The van der Waals surface area contributed by atoms with E-state index in [1.54, 1.807) is 0 Å². The Morgan fingerprint density at radius 1 is 0.966 bits per heavy atom. The molecule has 0 radical (unpaired) electrons. The van der Waals surface area contributed by atoms with E-state index < -0.39 is 0 Å². The molecule has 3 aromatic rings. The number of hydrogen-bond donors (Lipinski definition) is 1. The maximum atomic E-state index is 5.88. The van der Waals surface area contributed by atoms with E-state index in [9.17, 15) is 0 Å². The van der Waals surface area contributed by atoms with Crippen molar-refractivity contribution in [3.63, 3.8) is 0 Å².